The molecular weight excluding hydrogens is 331 g/mol. The van der Waals surface area contributed by atoms with Gasteiger partial charge in [-0.15, -0.1) is 0 Å². The van der Waals surface area contributed by atoms with Crippen molar-refractivity contribution in [2.45, 2.75) is 31.5 Å². The molecule has 23 heavy (non-hydrogen) atoms. The van der Waals surface area contributed by atoms with E-state index in [9.17, 15) is 18.0 Å². The minimum Gasteiger partial charge on any atom is -0.347 e. The molecule has 3 aliphatic rings. The van der Waals surface area contributed by atoms with Crippen molar-refractivity contribution in [2.24, 2.45) is 5.92 Å². The van der Waals surface area contributed by atoms with Gasteiger partial charge in [0.15, 0.2) is 5.69 Å². The van der Waals surface area contributed by atoms with Gasteiger partial charge in [-0.3, -0.25) is 4.79 Å². The Morgan fingerprint density at radius 1 is 1.30 bits per heavy atom. The van der Waals surface area contributed by atoms with E-state index in [1.54, 1.807) is 0 Å². The smallest absolute Gasteiger partial charge is 0.347 e. The van der Waals surface area contributed by atoms with E-state index in [0.29, 0.717) is 5.92 Å². The Hall–Kier alpha value is -1.34. The Balaban J connectivity index is 1.73. The molecular formula is C15H17ClF3N3O. The third-order valence-electron chi connectivity index (χ3n) is 4.49. The van der Waals surface area contributed by atoms with Crippen LogP contribution in [0.3, 0.4) is 0 Å². The highest BCUT2D eigenvalue weighted by Gasteiger charge is 2.36. The number of nitrogens with one attached hydrogen (secondary N) is 1. The summed E-state index contributed by atoms with van der Waals surface area (Å²) in [4.78, 5) is 17.9. The first-order valence-corrected chi connectivity index (χ1v) is 7.97. The van der Waals surface area contributed by atoms with E-state index in [-0.39, 0.29) is 11.7 Å². The summed E-state index contributed by atoms with van der Waals surface area (Å²) in [6.07, 6.45) is -1.59. The van der Waals surface area contributed by atoms with E-state index < -0.39 is 22.8 Å². The predicted octanol–water partition coefficient (Wildman–Crippen LogP) is 2.97. The maximum Gasteiger partial charge on any atom is 0.434 e. The molecule has 3 saturated heterocycles. The Morgan fingerprint density at radius 2 is 2.00 bits per heavy atom. The second kappa shape index (κ2) is 6.28. The number of pyridine rings is 1. The van der Waals surface area contributed by atoms with Crippen LogP contribution in [0, 0.1) is 5.92 Å². The summed E-state index contributed by atoms with van der Waals surface area (Å²) < 4.78 is 38.5. The van der Waals surface area contributed by atoms with Crippen molar-refractivity contribution in [3.05, 3.63) is 28.5 Å². The lowest BCUT2D eigenvalue weighted by Crippen LogP contribution is -2.42. The van der Waals surface area contributed by atoms with Gasteiger partial charge >= 0.3 is 6.18 Å². The summed E-state index contributed by atoms with van der Waals surface area (Å²) in [5.74, 6) is -0.0115. The van der Waals surface area contributed by atoms with Crippen LogP contribution < -0.4 is 5.32 Å². The number of piperidine rings is 1. The second-order valence-corrected chi connectivity index (χ2v) is 6.58. The fraction of sp³-hybridized carbons (Fsp3) is 0.600. The van der Waals surface area contributed by atoms with Crippen LogP contribution in [0.4, 0.5) is 13.2 Å². The highest BCUT2D eigenvalue weighted by atomic mass is 35.5. The van der Waals surface area contributed by atoms with Crippen LogP contribution in [0.2, 0.25) is 5.02 Å². The van der Waals surface area contributed by atoms with E-state index in [2.05, 4.69) is 15.2 Å². The van der Waals surface area contributed by atoms with E-state index in [0.717, 1.165) is 45.0 Å². The number of nitrogens with zero attached hydrogens (tertiary/aromatic N) is 2. The summed E-state index contributed by atoms with van der Waals surface area (Å²) in [5, 5.41) is 2.31. The molecule has 0 saturated carbocycles. The first-order valence-electron chi connectivity index (χ1n) is 7.60. The molecule has 0 aliphatic carbocycles. The topological polar surface area (TPSA) is 45.2 Å². The monoisotopic (exact) mass is 347 g/mol. The molecule has 8 heteroatoms. The Labute approximate surface area is 137 Å². The summed E-state index contributed by atoms with van der Waals surface area (Å²) in [6.45, 7) is 2.78. The highest BCUT2D eigenvalue weighted by molar-refractivity contribution is 6.31. The van der Waals surface area contributed by atoms with E-state index in [1.165, 1.54) is 6.07 Å². The summed E-state index contributed by atoms with van der Waals surface area (Å²) in [5.41, 5.74) is -1.48. The summed E-state index contributed by atoms with van der Waals surface area (Å²) in [7, 11) is 0. The molecule has 0 aromatic carbocycles. The van der Waals surface area contributed by atoms with Gasteiger partial charge in [0.2, 0.25) is 0 Å². The molecule has 1 amide bonds. The maximum atomic E-state index is 12.8. The Bertz CT molecular complexity index is 586. The Kier molecular flexibility index (Phi) is 4.51. The van der Waals surface area contributed by atoms with E-state index >= 15 is 0 Å². The number of aromatic nitrogens is 1. The van der Waals surface area contributed by atoms with Crippen molar-refractivity contribution in [1.29, 1.82) is 0 Å². The maximum absolute atomic E-state index is 12.8. The lowest BCUT2D eigenvalue weighted by molar-refractivity contribution is -0.141. The minimum atomic E-state index is -4.68. The predicted molar refractivity (Wildman–Crippen MR) is 79.3 cm³/mol. The molecule has 2 bridgehead atoms. The summed E-state index contributed by atoms with van der Waals surface area (Å²) >= 11 is 5.52. The number of fused-ring (bicyclic) bond motifs is 4. The van der Waals surface area contributed by atoms with Gasteiger partial charge in [-0.2, -0.15) is 13.2 Å². The van der Waals surface area contributed by atoms with Crippen molar-refractivity contribution in [2.75, 3.05) is 19.6 Å². The van der Waals surface area contributed by atoms with Gasteiger partial charge in [0.1, 0.15) is 5.69 Å². The molecule has 4 rings (SSSR count). The van der Waals surface area contributed by atoms with Gasteiger partial charge in [-0.25, -0.2) is 4.98 Å². The van der Waals surface area contributed by atoms with Crippen LogP contribution in [0.25, 0.3) is 0 Å². The summed E-state index contributed by atoms with van der Waals surface area (Å²) in [6, 6.07) is 2.23. The normalized spacial score (nSPS) is 27.6. The lowest BCUT2D eigenvalue weighted by Gasteiger charge is -2.26. The van der Waals surface area contributed by atoms with Crippen LogP contribution in [-0.4, -0.2) is 41.5 Å². The third kappa shape index (κ3) is 3.77. The number of amides is 1. The first kappa shape index (κ1) is 16.5. The van der Waals surface area contributed by atoms with Crippen molar-refractivity contribution in [3.8, 4) is 0 Å². The largest absolute Gasteiger partial charge is 0.434 e. The standard InChI is InChI=1S/C15H17ClF3N3O/c16-11-1-2-12(21-13(11)15(17,18)19)14(23)20-10-7-9-3-5-22(8-10)6-4-9/h1-2,9-10H,3-8H2,(H,20,23). The van der Waals surface area contributed by atoms with Crippen LogP contribution in [-0.2, 0) is 6.18 Å². The molecule has 0 spiro atoms. The molecule has 1 aromatic heterocycles. The highest BCUT2D eigenvalue weighted by Crippen LogP contribution is 2.33. The zero-order valence-electron chi connectivity index (χ0n) is 12.4. The number of hydrogen-bond donors (Lipinski definition) is 1. The molecule has 1 N–H and O–H groups in total. The molecule has 0 radical (unpaired) electrons. The van der Waals surface area contributed by atoms with Crippen molar-refractivity contribution in [1.82, 2.24) is 15.2 Å². The van der Waals surface area contributed by atoms with Crippen molar-refractivity contribution < 1.29 is 18.0 Å². The number of alkyl halides is 3. The number of carbonyl (C=O) groups is 1. The number of halogens is 4. The van der Waals surface area contributed by atoms with Gasteiger partial charge in [0.25, 0.3) is 5.91 Å². The number of carbonyl (C=O) groups excluding carboxylic acids is 1. The fourth-order valence-corrected chi connectivity index (χ4v) is 3.54. The Morgan fingerprint density at radius 3 is 2.65 bits per heavy atom. The SMILES string of the molecule is O=C(NC1CC2CCN(CC2)C1)c1ccc(Cl)c(C(F)(F)F)n1. The molecule has 3 fully saturated rings. The molecule has 1 aromatic rings. The van der Waals surface area contributed by atoms with E-state index in [1.807, 2.05) is 0 Å². The van der Waals surface area contributed by atoms with Gasteiger partial charge < -0.3 is 10.2 Å². The van der Waals surface area contributed by atoms with Crippen LogP contribution in [0.5, 0.6) is 0 Å². The van der Waals surface area contributed by atoms with Gasteiger partial charge in [0.05, 0.1) is 5.02 Å². The van der Waals surface area contributed by atoms with Crippen LogP contribution in [0.15, 0.2) is 12.1 Å². The van der Waals surface area contributed by atoms with Crippen LogP contribution >= 0.6 is 11.6 Å². The molecule has 1 unspecified atom stereocenters. The minimum absolute atomic E-state index is 0.0516. The third-order valence-corrected chi connectivity index (χ3v) is 4.79. The molecule has 4 nitrogen and oxygen atoms in total. The first-order chi connectivity index (χ1) is 10.8. The van der Waals surface area contributed by atoms with E-state index in [4.69, 9.17) is 11.6 Å². The molecule has 4 heterocycles. The van der Waals surface area contributed by atoms with Gasteiger partial charge in [-0.05, 0) is 50.4 Å². The zero-order valence-corrected chi connectivity index (χ0v) is 13.1. The number of rotatable bonds is 2. The van der Waals surface area contributed by atoms with Gasteiger partial charge in [-0.1, -0.05) is 11.6 Å². The number of hydrogen-bond acceptors (Lipinski definition) is 3. The average molecular weight is 348 g/mol. The fourth-order valence-electron chi connectivity index (χ4n) is 3.32. The quantitative estimate of drug-likeness (QED) is 0.894. The average Bonchev–Trinajstić information content (AvgIpc) is 2.78. The second-order valence-electron chi connectivity index (χ2n) is 6.17. The lowest BCUT2D eigenvalue weighted by atomic mass is 9.94. The van der Waals surface area contributed by atoms with Crippen molar-refractivity contribution in [3.63, 3.8) is 0 Å². The molecule has 1 atom stereocenters. The van der Waals surface area contributed by atoms with Crippen molar-refractivity contribution >= 4 is 17.5 Å². The molecule has 3 aliphatic heterocycles. The van der Waals surface area contributed by atoms with Gasteiger partial charge in [0, 0.05) is 12.6 Å². The molecule has 126 valence electrons. The zero-order chi connectivity index (χ0) is 16.6. The van der Waals surface area contributed by atoms with Crippen LogP contribution in [0.1, 0.15) is 35.4 Å².